The number of rotatable bonds is 10. The monoisotopic (exact) mass is 609 g/mol. The normalized spacial score (nSPS) is 11.6. The number of imidazole rings is 1. The number of nitrogens with zero attached hydrogens (tertiary/aromatic N) is 3. The summed E-state index contributed by atoms with van der Waals surface area (Å²) in [5.41, 5.74) is 3.39. The molecule has 0 saturated heterocycles. The second-order valence-corrected chi connectivity index (χ2v) is 11.2. The largest absolute Gasteiger partial charge is 0.489 e. The van der Waals surface area contributed by atoms with Gasteiger partial charge < -0.3 is 18.9 Å². The maximum Gasteiger partial charge on any atom is 0.335 e. The number of aromatic carboxylic acids is 1. The van der Waals surface area contributed by atoms with Gasteiger partial charge in [0.15, 0.2) is 0 Å². The molecule has 2 aromatic heterocycles. The lowest BCUT2D eigenvalue weighted by Gasteiger charge is -2.19. The third-order valence-electron chi connectivity index (χ3n) is 7.35. The van der Waals surface area contributed by atoms with Crippen molar-refractivity contribution in [1.29, 1.82) is 0 Å². The zero-order valence-corrected chi connectivity index (χ0v) is 25.1. The molecule has 0 atom stereocenters. The van der Waals surface area contributed by atoms with E-state index in [-0.39, 0.29) is 24.1 Å². The Kier molecular flexibility index (Phi) is 8.57. The first kappa shape index (κ1) is 29.6. The van der Waals surface area contributed by atoms with E-state index in [4.69, 9.17) is 37.4 Å². The number of hydrogen-bond acceptors (Lipinski definition) is 5. The third-order valence-corrected chi connectivity index (χ3v) is 7.98. The Balaban J connectivity index is 1.51. The van der Waals surface area contributed by atoms with Gasteiger partial charge in [-0.25, -0.2) is 14.2 Å². The van der Waals surface area contributed by atoms with Crippen molar-refractivity contribution in [3.63, 3.8) is 0 Å². The summed E-state index contributed by atoms with van der Waals surface area (Å²) in [5, 5.41) is 14.6. The quantitative estimate of drug-likeness (QED) is 0.169. The van der Waals surface area contributed by atoms with Crippen LogP contribution in [0.1, 0.15) is 74.2 Å². The van der Waals surface area contributed by atoms with Crippen LogP contribution in [0.5, 0.6) is 5.75 Å². The summed E-state index contributed by atoms with van der Waals surface area (Å²) in [6, 6.07) is 14.6. The molecule has 7 nitrogen and oxygen atoms in total. The molecular weight excluding hydrogens is 580 g/mol. The number of benzene rings is 3. The van der Waals surface area contributed by atoms with Gasteiger partial charge in [-0.05, 0) is 55.3 Å². The van der Waals surface area contributed by atoms with Gasteiger partial charge >= 0.3 is 5.97 Å². The first-order valence-corrected chi connectivity index (χ1v) is 14.5. The highest BCUT2D eigenvalue weighted by Crippen LogP contribution is 2.39. The Morgan fingerprint density at radius 3 is 2.40 bits per heavy atom. The minimum atomic E-state index is -1.03. The lowest BCUT2D eigenvalue weighted by Crippen LogP contribution is -2.10. The highest BCUT2D eigenvalue weighted by Gasteiger charge is 2.25. The molecule has 1 N–H and O–H groups in total. The number of fused-ring (bicyclic) bond motifs is 1. The summed E-state index contributed by atoms with van der Waals surface area (Å²) >= 11 is 12.9. The van der Waals surface area contributed by atoms with E-state index in [1.54, 1.807) is 42.5 Å². The van der Waals surface area contributed by atoms with Gasteiger partial charge in [0, 0.05) is 23.6 Å². The molecule has 0 aliphatic heterocycles. The Bertz CT molecular complexity index is 1760. The standard InChI is InChI=1S/C32H30Cl2FN3O4/c1-5-19(6-2)38-27-14-18(32(39)40)10-13-26(27)36-31(38)21-12-11-20(15-25(21)35)41-16-22-29(37-42-30(22)17(3)4)28-23(33)8-7-9-24(28)34/h7-15,17,19H,5-6,16H2,1-4H3,(H,39,40). The lowest BCUT2D eigenvalue weighted by atomic mass is 10.0. The molecule has 0 bridgehead atoms. The van der Waals surface area contributed by atoms with E-state index in [0.717, 1.165) is 12.8 Å². The minimum absolute atomic E-state index is 0.00229. The van der Waals surface area contributed by atoms with Crippen molar-refractivity contribution in [3.05, 3.63) is 87.3 Å². The lowest BCUT2D eigenvalue weighted by molar-refractivity contribution is 0.0697. The summed E-state index contributed by atoms with van der Waals surface area (Å²) in [6.07, 6.45) is 1.54. The van der Waals surface area contributed by atoms with Crippen molar-refractivity contribution in [2.45, 2.75) is 59.1 Å². The van der Waals surface area contributed by atoms with E-state index in [1.165, 1.54) is 12.1 Å². The van der Waals surface area contributed by atoms with Crippen molar-refractivity contribution in [1.82, 2.24) is 14.7 Å². The van der Waals surface area contributed by atoms with Gasteiger partial charge in [0.25, 0.3) is 0 Å². The summed E-state index contributed by atoms with van der Waals surface area (Å²) in [5.74, 6) is -0.180. The van der Waals surface area contributed by atoms with Crippen LogP contribution in [0.25, 0.3) is 33.7 Å². The van der Waals surface area contributed by atoms with Crippen LogP contribution < -0.4 is 4.74 Å². The molecule has 10 heteroatoms. The minimum Gasteiger partial charge on any atom is -0.489 e. The van der Waals surface area contributed by atoms with Crippen LogP contribution in [0.3, 0.4) is 0 Å². The van der Waals surface area contributed by atoms with Crippen molar-refractivity contribution in [2.24, 2.45) is 0 Å². The van der Waals surface area contributed by atoms with Crippen LogP contribution in [0, 0.1) is 5.82 Å². The van der Waals surface area contributed by atoms with Gasteiger partial charge in [0.1, 0.15) is 35.5 Å². The van der Waals surface area contributed by atoms with Gasteiger partial charge in [-0.15, -0.1) is 0 Å². The predicted octanol–water partition coefficient (Wildman–Crippen LogP) is 9.57. The molecule has 0 fully saturated rings. The summed E-state index contributed by atoms with van der Waals surface area (Å²) in [4.78, 5) is 16.4. The van der Waals surface area contributed by atoms with Crippen LogP contribution in [0.4, 0.5) is 4.39 Å². The Morgan fingerprint density at radius 2 is 1.79 bits per heavy atom. The number of ether oxygens (including phenoxy) is 1. The molecular formula is C32H30Cl2FN3O4. The summed E-state index contributed by atoms with van der Waals surface area (Å²) in [6.45, 7) is 8.08. The predicted molar refractivity (Wildman–Crippen MR) is 162 cm³/mol. The Labute approximate surface area is 252 Å². The second kappa shape index (κ2) is 12.2. The van der Waals surface area contributed by atoms with Gasteiger partial charge in [-0.2, -0.15) is 0 Å². The molecule has 0 saturated carbocycles. The maximum absolute atomic E-state index is 15.8. The third kappa shape index (κ3) is 5.49. The number of carbonyl (C=O) groups is 1. The molecule has 42 heavy (non-hydrogen) atoms. The van der Waals surface area contributed by atoms with E-state index in [9.17, 15) is 9.90 Å². The average molecular weight is 611 g/mol. The summed E-state index contributed by atoms with van der Waals surface area (Å²) in [7, 11) is 0. The van der Waals surface area contributed by atoms with Crippen LogP contribution in [-0.2, 0) is 6.61 Å². The Hall–Kier alpha value is -3.88. The molecule has 0 aliphatic carbocycles. The van der Waals surface area contributed by atoms with Crippen molar-refractivity contribution in [3.8, 4) is 28.4 Å². The molecule has 3 aromatic carbocycles. The molecule has 5 rings (SSSR count). The number of carboxylic acid groups (broad SMARTS) is 1. The Morgan fingerprint density at radius 1 is 1.07 bits per heavy atom. The SMILES string of the molecule is CCC(CC)n1c(-c2ccc(OCc3c(-c4c(Cl)cccc4Cl)noc3C(C)C)cc2F)nc2ccc(C(=O)O)cc21. The van der Waals surface area contributed by atoms with Gasteiger partial charge in [-0.1, -0.05) is 62.1 Å². The molecule has 0 spiro atoms. The first-order valence-electron chi connectivity index (χ1n) is 13.7. The topological polar surface area (TPSA) is 90.4 Å². The zero-order chi connectivity index (χ0) is 30.1. The van der Waals surface area contributed by atoms with E-state index in [2.05, 4.69) is 5.16 Å². The highest BCUT2D eigenvalue weighted by molar-refractivity contribution is 6.39. The van der Waals surface area contributed by atoms with E-state index < -0.39 is 11.8 Å². The van der Waals surface area contributed by atoms with Crippen molar-refractivity contribution >= 4 is 40.2 Å². The van der Waals surface area contributed by atoms with Crippen LogP contribution in [-0.4, -0.2) is 25.8 Å². The average Bonchev–Trinajstić information content (AvgIpc) is 3.54. The summed E-state index contributed by atoms with van der Waals surface area (Å²) < 4.78 is 29.4. The van der Waals surface area contributed by atoms with Gasteiger partial charge in [0.2, 0.25) is 0 Å². The molecule has 0 aliphatic rings. The number of carboxylic acids is 1. The molecule has 0 unspecified atom stereocenters. The molecule has 218 valence electrons. The number of hydrogen-bond donors (Lipinski definition) is 1. The number of halogens is 3. The van der Waals surface area contributed by atoms with E-state index >= 15 is 4.39 Å². The molecule has 5 aromatic rings. The fourth-order valence-electron chi connectivity index (χ4n) is 5.20. The van der Waals surface area contributed by atoms with E-state index in [0.29, 0.717) is 60.8 Å². The van der Waals surface area contributed by atoms with Crippen LogP contribution in [0.2, 0.25) is 10.0 Å². The second-order valence-electron chi connectivity index (χ2n) is 10.3. The van der Waals surface area contributed by atoms with E-state index in [1.807, 2.05) is 32.3 Å². The van der Waals surface area contributed by atoms with Crippen LogP contribution >= 0.6 is 23.2 Å². The maximum atomic E-state index is 15.8. The fraction of sp³-hybridized carbons (Fsp3) is 0.281. The number of aromatic nitrogens is 3. The zero-order valence-electron chi connectivity index (χ0n) is 23.6. The van der Waals surface area contributed by atoms with Gasteiger partial charge in [-0.3, -0.25) is 0 Å². The smallest absolute Gasteiger partial charge is 0.335 e. The molecule has 0 radical (unpaired) electrons. The first-order chi connectivity index (χ1) is 20.1. The fourth-order valence-corrected chi connectivity index (χ4v) is 5.77. The highest BCUT2D eigenvalue weighted by atomic mass is 35.5. The van der Waals surface area contributed by atoms with Crippen LogP contribution in [0.15, 0.2) is 59.1 Å². The van der Waals surface area contributed by atoms with Crippen molar-refractivity contribution in [2.75, 3.05) is 0 Å². The molecule has 0 amide bonds. The molecule has 2 heterocycles. The van der Waals surface area contributed by atoms with Gasteiger partial charge in [0.05, 0.1) is 37.8 Å². The van der Waals surface area contributed by atoms with Crippen molar-refractivity contribution < 1.29 is 23.6 Å².